The highest BCUT2D eigenvalue weighted by Gasteiger charge is 2.12. The Bertz CT molecular complexity index is 362. The molecule has 94 valence electrons. The summed E-state index contributed by atoms with van der Waals surface area (Å²) in [5, 5.41) is 0. The van der Waals surface area contributed by atoms with Crippen molar-refractivity contribution in [1.82, 2.24) is 4.90 Å². The SMILES string of the molecule is COc1ccc(N)cc1CN1CCCSCC1. The van der Waals surface area contributed by atoms with Crippen molar-refractivity contribution < 1.29 is 4.74 Å². The van der Waals surface area contributed by atoms with E-state index in [2.05, 4.69) is 4.90 Å². The zero-order chi connectivity index (χ0) is 12.1. The van der Waals surface area contributed by atoms with Crippen molar-refractivity contribution in [2.75, 3.05) is 37.4 Å². The molecule has 0 atom stereocenters. The standard InChI is InChI=1S/C13H20N2OS/c1-16-13-4-3-12(14)9-11(13)10-15-5-2-7-17-8-6-15/h3-4,9H,2,5-8,10,14H2,1H3. The normalized spacial score (nSPS) is 17.7. The second-order valence-corrected chi connectivity index (χ2v) is 5.54. The van der Waals surface area contributed by atoms with E-state index in [9.17, 15) is 0 Å². The van der Waals surface area contributed by atoms with E-state index in [1.807, 2.05) is 30.0 Å². The molecule has 1 aromatic carbocycles. The number of hydrogen-bond donors (Lipinski definition) is 1. The lowest BCUT2D eigenvalue weighted by atomic mass is 10.1. The molecule has 4 heteroatoms. The number of anilines is 1. The topological polar surface area (TPSA) is 38.5 Å². The summed E-state index contributed by atoms with van der Waals surface area (Å²) in [6, 6.07) is 5.87. The van der Waals surface area contributed by atoms with E-state index in [0.29, 0.717) is 0 Å². The van der Waals surface area contributed by atoms with E-state index in [1.54, 1.807) is 7.11 Å². The number of ether oxygens (including phenoxy) is 1. The van der Waals surface area contributed by atoms with Crippen molar-refractivity contribution in [3.05, 3.63) is 23.8 Å². The van der Waals surface area contributed by atoms with Gasteiger partial charge in [0.25, 0.3) is 0 Å². The van der Waals surface area contributed by atoms with E-state index < -0.39 is 0 Å². The van der Waals surface area contributed by atoms with E-state index in [-0.39, 0.29) is 0 Å². The Labute approximate surface area is 107 Å². The third kappa shape index (κ3) is 3.54. The summed E-state index contributed by atoms with van der Waals surface area (Å²) in [5.74, 6) is 3.45. The molecule has 1 heterocycles. The quantitative estimate of drug-likeness (QED) is 0.837. The van der Waals surface area contributed by atoms with E-state index in [1.165, 1.54) is 30.0 Å². The molecule has 0 aliphatic carbocycles. The second-order valence-electron chi connectivity index (χ2n) is 4.31. The maximum Gasteiger partial charge on any atom is 0.123 e. The minimum atomic E-state index is 0.810. The molecular weight excluding hydrogens is 232 g/mol. The molecule has 0 spiro atoms. The van der Waals surface area contributed by atoms with Crippen molar-refractivity contribution >= 4 is 17.4 Å². The molecule has 3 nitrogen and oxygen atoms in total. The molecule has 0 amide bonds. The molecule has 17 heavy (non-hydrogen) atoms. The van der Waals surface area contributed by atoms with Crippen molar-refractivity contribution in [3.8, 4) is 5.75 Å². The molecule has 1 saturated heterocycles. The Morgan fingerprint density at radius 3 is 3.06 bits per heavy atom. The van der Waals surface area contributed by atoms with Crippen LogP contribution in [0.1, 0.15) is 12.0 Å². The number of hydrogen-bond acceptors (Lipinski definition) is 4. The fraction of sp³-hybridized carbons (Fsp3) is 0.538. The van der Waals surface area contributed by atoms with Crippen LogP contribution in [0.3, 0.4) is 0 Å². The molecule has 0 radical (unpaired) electrons. The summed E-state index contributed by atoms with van der Waals surface area (Å²) in [6.07, 6.45) is 1.27. The Morgan fingerprint density at radius 2 is 2.24 bits per heavy atom. The van der Waals surface area contributed by atoms with Gasteiger partial charge in [0.2, 0.25) is 0 Å². The summed E-state index contributed by atoms with van der Waals surface area (Å²) in [5.41, 5.74) is 7.84. The van der Waals surface area contributed by atoms with Crippen molar-refractivity contribution in [3.63, 3.8) is 0 Å². The number of methoxy groups -OCH3 is 1. The Hall–Kier alpha value is -0.870. The van der Waals surface area contributed by atoms with Gasteiger partial charge in [0.15, 0.2) is 0 Å². The number of benzene rings is 1. The lowest BCUT2D eigenvalue weighted by Gasteiger charge is -2.21. The minimum Gasteiger partial charge on any atom is -0.496 e. The van der Waals surface area contributed by atoms with Crippen LogP contribution in [0.5, 0.6) is 5.75 Å². The van der Waals surface area contributed by atoms with Gasteiger partial charge in [-0.25, -0.2) is 0 Å². The fourth-order valence-electron chi connectivity index (χ4n) is 2.12. The van der Waals surface area contributed by atoms with E-state index in [4.69, 9.17) is 10.5 Å². The molecule has 0 saturated carbocycles. The Balaban J connectivity index is 2.07. The molecule has 0 bridgehead atoms. The third-order valence-corrected chi connectivity index (χ3v) is 4.06. The highest BCUT2D eigenvalue weighted by molar-refractivity contribution is 7.99. The minimum absolute atomic E-state index is 0.810. The number of nitrogen functional groups attached to an aromatic ring is 1. The third-order valence-electron chi connectivity index (χ3n) is 3.01. The zero-order valence-electron chi connectivity index (χ0n) is 10.3. The molecule has 2 N–H and O–H groups in total. The van der Waals surface area contributed by atoms with E-state index >= 15 is 0 Å². The average Bonchev–Trinajstić information content (AvgIpc) is 2.58. The lowest BCUT2D eigenvalue weighted by molar-refractivity contribution is 0.281. The highest BCUT2D eigenvalue weighted by Crippen LogP contribution is 2.23. The van der Waals surface area contributed by atoms with Gasteiger partial charge in [-0.2, -0.15) is 11.8 Å². The first kappa shape index (κ1) is 12.6. The van der Waals surface area contributed by atoms with Crippen molar-refractivity contribution in [2.45, 2.75) is 13.0 Å². The van der Waals surface area contributed by atoms with Crippen LogP contribution in [0.4, 0.5) is 5.69 Å². The maximum absolute atomic E-state index is 5.84. The largest absolute Gasteiger partial charge is 0.496 e. The Kier molecular flexibility index (Phi) is 4.57. The maximum atomic E-state index is 5.84. The smallest absolute Gasteiger partial charge is 0.123 e. The number of nitrogens with two attached hydrogens (primary N) is 1. The summed E-state index contributed by atoms with van der Waals surface area (Å²) in [4.78, 5) is 2.48. The average molecular weight is 252 g/mol. The van der Waals surface area contributed by atoms with Crippen LogP contribution >= 0.6 is 11.8 Å². The molecule has 1 aliphatic rings. The predicted octanol–water partition coefficient (Wildman–Crippen LogP) is 2.22. The van der Waals surface area contributed by atoms with Gasteiger partial charge in [-0.05, 0) is 36.9 Å². The van der Waals surface area contributed by atoms with Crippen LogP contribution in [-0.4, -0.2) is 36.6 Å². The first-order valence-electron chi connectivity index (χ1n) is 6.02. The molecule has 1 aromatic rings. The summed E-state index contributed by atoms with van der Waals surface area (Å²) < 4.78 is 5.39. The van der Waals surface area contributed by atoms with Crippen LogP contribution in [-0.2, 0) is 6.54 Å². The van der Waals surface area contributed by atoms with Crippen LogP contribution in [0.2, 0.25) is 0 Å². The molecule has 0 unspecified atom stereocenters. The lowest BCUT2D eigenvalue weighted by Crippen LogP contribution is -2.25. The summed E-state index contributed by atoms with van der Waals surface area (Å²) >= 11 is 2.05. The molecular formula is C13H20N2OS. The number of rotatable bonds is 3. The van der Waals surface area contributed by atoms with Crippen LogP contribution in [0, 0.1) is 0 Å². The van der Waals surface area contributed by atoms with Crippen molar-refractivity contribution in [1.29, 1.82) is 0 Å². The fourth-order valence-corrected chi connectivity index (χ4v) is 3.04. The van der Waals surface area contributed by atoms with Gasteiger partial charge in [0.05, 0.1) is 7.11 Å². The Morgan fingerprint density at radius 1 is 1.35 bits per heavy atom. The van der Waals surface area contributed by atoms with Crippen LogP contribution in [0.25, 0.3) is 0 Å². The molecule has 2 rings (SSSR count). The second kappa shape index (κ2) is 6.17. The summed E-state index contributed by atoms with van der Waals surface area (Å²) in [6.45, 7) is 3.27. The van der Waals surface area contributed by atoms with Crippen LogP contribution < -0.4 is 10.5 Å². The number of thioether (sulfide) groups is 1. The first-order valence-corrected chi connectivity index (χ1v) is 7.17. The summed E-state index contributed by atoms with van der Waals surface area (Å²) in [7, 11) is 1.72. The van der Waals surface area contributed by atoms with Gasteiger partial charge in [-0.1, -0.05) is 0 Å². The predicted molar refractivity (Wildman–Crippen MR) is 74.6 cm³/mol. The monoisotopic (exact) mass is 252 g/mol. The number of nitrogens with zero attached hydrogens (tertiary/aromatic N) is 1. The highest BCUT2D eigenvalue weighted by atomic mass is 32.2. The van der Waals surface area contributed by atoms with Gasteiger partial charge in [-0.15, -0.1) is 0 Å². The van der Waals surface area contributed by atoms with Gasteiger partial charge in [0, 0.05) is 30.1 Å². The van der Waals surface area contributed by atoms with Crippen molar-refractivity contribution in [2.24, 2.45) is 0 Å². The first-order chi connectivity index (χ1) is 8.29. The van der Waals surface area contributed by atoms with Gasteiger partial charge >= 0.3 is 0 Å². The van der Waals surface area contributed by atoms with Gasteiger partial charge in [-0.3, -0.25) is 4.90 Å². The van der Waals surface area contributed by atoms with Gasteiger partial charge < -0.3 is 10.5 Å². The molecule has 0 aromatic heterocycles. The zero-order valence-corrected chi connectivity index (χ0v) is 11.1. The molecule has 1 aliphatic heterocycles. The van der Waals surface area contributed by atoms with Crippen LogP contribution in [0.15, 0.2) is 18.2 Å². The van der Waals surface area contributed by atoms with Gasteiger partial charge in [0.1, 0.15) is 5.75 Å². The molecule has 1 fully saturated rings. The van der Waals surface area contributed by atoms with E-state index in [0.717, 1.165) is 24.5 Å².